The molecule has 28 heavy (non-hydrogen) atoms. The lowest BCUT2D eigenvalue weighted by atomic mass is 10.0. The van der Waals surface area contributed by atoms with E-state index in [-0.39, 0.29) is 0 Å². The van der Waals surface area contributed by atoms with Crippen molar-refractivity contribution >= 4 is 20.2 Å². The summed E-state index contributed by atoms with van der Waals surface area (Å²) in [6.07, 6.45) is 22.9. The van der Waals surface area contributed by atoms with Gasteiger partial charge in [-0.05, 0) is 13.0 Å². The largest absolute Gasteiger partial charge is 0.330 e. The van der Waals surface area contributed by atoms with Gasteiger partial charge in [-0.25, -0.2) is 0 Å². The second-order valence-corrected chi connectivity index (χ2v) is 10.6. The average Bonchev–Trinajstić information content (AvgIpc) is 2.56. The van der Waals surface area contributed by atoms with Gasteiger partial charge in [0.2, 0.25) is 5.08 Å². The van der Waals surface area contributed by atoms with Crippen LogP contribution in [0.2, 0.25) is 0 Å². The normalized spacial score (nSPS) is 11.9. The molecule has 0 radical (unpaired) electrons. The van der Waals surface area contributed by atoms with Crippen LogP contribution in [0.1, 0.15) is 110 Å². The molecule has 0 unspecified atom stereocenters. The Labute approximate surface area is 173 Å². The zero-order valence-electron chi connectivity index (χ0n) is 17.6. The Morgan fingerprint density at radius 3 is 0.964 bits per heavy atom. The molecule has 0 saturated heterocycles. The van der Waals surface area contributed by atoms with Crippen LogP contribution in [-0.2, 0) is 20.2 Å². The van der Waals surface area contributed by atoms with Crippen molar-refractivity contribution in [1.82, 2.24) is 0 Å². The maximum Gasteiger partial charge on any atom is 0.281 e. The molecule has 0 saturated carbocycles. The molecule has 0 amide bonds. The smallest absolute Gasteiger partial charge is 0.281 e. The fourth-order valence-corrected chi connectivity index (χ4v) is 4.39. The lowest BCUT2D eigenvalue weighted by Gasteiger charge is -2.03. The molecule has 9 heteroatoms. The lowest BCUT2D eigenvalue weighted by Crippen LogP contribution is -2.13. The molecule has 0 bridgehead atoms. The molecule has 0 aromatic carbocycles. The summed E-state index contributed by atoms with van der Waals surface area (Å²) in [4.78, 5) is 0. The van der Waals surface area contributed by atoms with Gasteiger partial charge in [0.1, 0.15) is 0 Å². The van der Waals surface area contributed by atoms with Gasteiger partial charge in [-0.1, -0.05) is 103 Å². The average molecular weight is 446 g/mol. The van der Waals surface area contributed by atoms with Gasteiger partial charge in [0.05, 0.1) is 0 Å². The lowest BCUT2D eigenvalue weighted by molar-refractivity contribution is 0.471. The van der Waals surface area contributed by atoms with E-state index in [1.165, 1.54) is 103 Å². The van der Waals surface area contributed by atoms with Crippen molar-refractivity contribution in [2.75, 3.05) is 11.6 Å². The van der Waals surface area contributed by atoms with E-state index in [4.69, 9.17) is 14.8 Å². The van der Waals surface area contributed by atoms with Crippen LogP contribution in [-0.4, -0.2) is 37.6 Å². The SMILES string of the molecule is CCCCCCCCCCCCCCCCCCN.O=S(=O)(O)CS(=O)(=O)O. The van der Waals surface area contributed by atoms with Crippen molar-refractivity contribution < 1.29 is 25.9 Å². The highest BCUT2D eigenvalue weighted by Gasteiger charge is 2.15. The van der Waals surface area contributed by atoms with Crippen LogP contribution < -0.4 is 5.73 Å². The molecule has 0 heterocycles. The molecule has 0 rings (SSSR count). The molecule has 4 N–H and O–H groups in total. The van der Waals surface area contributed by atoms with Gasteiger partial charge in [-0.2, -0.15) is 16.8 Å². The van der Waals surface area contributed by atoms with E-state index in [0.717, 1.165) is 6.54 Å². The topological polar surface area (TPSA) is 135 Å². The highest BCUT2D eigenvalue weighted by atomic mass is 32.3. The van der Waals surface area contributed by atoms with Crippen molar-refractivity contribution in [3.8, 4) is 0 Å². The predicted octanol–water partition coefficient (Wildman–Crippen LogP) is 4.93. The molecular formula is C19H43NO6S2. The van der Waals surface area contributed by atoms with Crippen LogP contribution in [0.3, 0.4) is 0 Å². The van der Waals surface area contributed by atoms with Crippen LogP contribution in [0.15, 0.2) is 0 Å². The molecule has 0 spiro atoms. The first-order chi connectivity index (χ1) is 13.1. The van der Waals surface area contributed by atoms with E-state index in [1.807, 2.05) is 0 Å². The van der Waals surface area contributed by atoms with Crippen LogP contribution in [0.5, 0.6) is 0 Å². The number of unbranched alkanes of at least 4 members (excludes halogenated alkanes) is 15. The summed E-state index contributed by atoms with van der Waals surface area (Å²) in [5.41, 5.74) is 5.48. The molecular weight excluding hydrogens is 402 g/mol. The van der Waals surface area contributed by atoms with Gasteiger partial charge in [0, 0.05) is 0 Å². The summed E-state index contributed by atoms with van der Waals surface area (Å²) in [6, 6.07) is 0. The van der Waals surface area contributed by atoms with Crippen LogP contribution in [0.4, 0.5) is 0 Å². The summed E-state index contributed by atoms with van der Waals surface area (Å²) in [7, 11) is -9.24. The Hall–Kier alpha value is -0.220. The Bertz CT molecular complexity index is 475. The Morgan fingerprint density at radius 1 is 0.536 bits per heavy atom. The molecule has 0 fully saturated rings. The standard InChI is InChI=1S/C18H39N.CH4O6S2/c1-2-3-4-5-6-7-8-9-10-11-12-13-14-15-16-17-18-19;2-8(3,4)1-9(5,6)7/h2-19H2,1H3;1H2,(H,2,3,4)(H,5,6,7). The third-order valence-electron chi connectivity index (χ3n) is 4.36. The fraction of sp³-hybridized carbons (Fsp3) is 1.00. The van der Waals surface area contributed by atoms with Gasteiger partial charge < -0.3 is 5.73 Å². The maximum absolute atomic E-state index is 9.66. The molecule has 7 nitrogen and oxygen atoms in total. The predicted molar refractivity (Wildman–Crippen MR) is 117 cm³/mol. The van der Waals surface area contributed by atoms with Gasteiger partial charge in [0.25, 0.3) is 20.2 Å². The van der Waals surface area contributed by atoms with Crippen molar-refractivity contribution in [3.05, 3.63) is 0 Å². The minimum Gasteiger partial charge on any atom is -0.330 e. The quantitative estimate of drug-likeness (QED) is 0.201. The highest BCUT2D eigenvalue weighted by Crippen LogP contribution is 2.13. The third-order valence-corrected chi connectivity index (χ3v) is 6.74. The van der Waals surface area contributed by atoms with Gasteiger partial charge in [-0.3, -0.25) is 9.11 Å². The van der Waals surface area contributed by atoms with Gasteiger partial charge >= 0.3 is 0 Å². The first-order valence-electron chi connectivity index (χ1n) is 10.7. The zero-order valence-corrected chi connectivity index (χ0v) is 19.3. The second kappa shape index (κ2) is 20.1. The van der Waals surface area contributed by atoms with Crippen LogP contribution >= 0.6 is 0 Å². The van der Waals surface area contributed by atoms with E-state index in [2.05, 4.69) is 6.92 Å². The zero-order chi connectivity index (χ0) is 21.7. The van der Waals surface area contributed by atoms with Crippen molar-refractivity contribution in [3.63, 3.8) is 0 Å². The molecule has 0 aromatic heterocycles. The number of nitrogens with two attached hydrogens (primary N) is 1. The van der Waals surface area contributed by atoms with Crippen molar-refractivity contribution in [1.29, 1.82) is 0 Å². The summed E-state index contributed by atoms with van der Waals surface area (Å²) in [5.74, 6) is 0. The Balaban J connectivity index is 0. The Kier molecular flexibility index (Phi) is 21.5. The van der Waals surface area contributed by atoms with Crippen molar-refractivity contribution in [2.45, 2.75) is 110 Å². The minimum atomic E-state index is -4.62. The number of hydrogen-bond acceptors (Lipinski definition) is 5. The highest BCUT2D eigenvalue weighted by molar-refractivity contribution is 8.02. The first-order valence-corrected chi connectivity index (χ1v) is 13.9. The monoisotopic (exact) mass is 445 g/mol. The maximum atomic E-state index is 9.66. The Morgan fingerprint density at radius 2 is 0.786 bits per heavy atom. The first kappa shape index (κ1) is 30.0. The summed E-state index contributed by atoms with van der Waals surface area (Å²) >= 11 is 0. The van der Waals surface area contributed by atoms with Gasteiger partial charge in [0.15, 0.2) is 0 Å². The molecule has 0 aromatic rings. The fourth-order valence-electron chi connectivity index (χ4n) is 2.88. The summed E-state index contributed by atoms with van der Waals surface area (Å²) < 4.78 is 54.2. The summed E-state index contributed by atoms with van der Waals surface area (Å²) in [6.45, 7) is 3.16. The van der Waals surface area contributed by atoms with Crippen LogP contribution in [0.25, 0.3) is 0 Å². The van der Waals surface area contributed by atoms with E-state index >= 15 is 0 Å². The van der Waals surface area contributed by atoms with Crippen molar-refractivity contribution in [2.24, 2.45) is 5.73 Å². The minimum absolute atomic E-state index is 0.873. The third kappa shape index (κ3) is 33.4. The molecule has 172 valence electrons. The van der Waals surface area contributed by atoms with E-state index in [0.29, 0.717) is 0 Å². The second-order valence-electron chi connectivity index (χ2n) is 7.37. The van der Waals surface area contributed by atoms with E-state index in [9.17, 15) is 16.8 Å². The van der Waals surface area contributed by atoms with Crippen LogP contribution in [0, 0.1) is 0 Å². The summed E-state index contributed by atoms with van der Waals surface area (Å²) in [5, 5.41) is -1.65. The van der Waals surface area contributed by atoms with E-state index < -0.39 is 25.3 Å². The molecule has 0 aliphatic heterocycles. The van der Waals surface area contributed by atoms with Gasteiger partial charge in [-0.15, -0.1) is 0 Å². The molecule has 0 atom stereocenters. The molecule has 0 aliphatic rings. The number of hydrogen-bond donors (Lipinski definition) is 3. The molecule has 0 aliphatic carbocycles. The number of rotatable bonds is 18. The van der Waals surface area contributed by atoms with E-state index in [1.54, 1.807) is 0 Å².